The van der Waals surface area contributed by atoms with E-state index in [1.54, 1.807) is 18.3 Å². The molecule has 0 aliphatic carbocycles. The van der Waals surface area contributed by atoms with Gasteiger partial charge in [0.25, 0.3) is 5.91 Å². The highest BCUT2D eigenvalue weighted by Gasteiger charge is 2.24. The summed E-state index contributed by atoms with van der Waals surface area (Å²) < 4.78 is 13.9. The number of carbonyl (C=O) groups excluding carboxylic acids is 1. The van der Waals surface area contributed by atoms with E-state index in [2.05, 4.69) is 10.2 Å². The van der Waals surface area contributed by atoms with Crippen molar-refractivity contribution in [2.45, 2.75) is 0 Å². The molecule has 0 spiro atoms. The third kappa shape index (κ3) is 2.50. The maximum absolute atomic E-state index is 13.9. The van der Waals surface area contributed by atoms with Crippen LogP contribution in [0.15, 0.2) is 48.7 Å². The number of aromatic nitrogens is 2. The number of piperazine rings is 1. The van der Waals surface area contributed by atoms with Crippen molar-refractivity contribution in [1.29, 1.82) is 0 Å². The molecule has 1 aliphatic rings. The Labute approximate surface area is 138 Å². The fourth-order valence-electron chi connectivity index (χ4n) is 3.18. The fraction of sp³-hybridized carbons (Fsp3) is 0.222. The standard InChI is InChI=1S/C18H17FN4O/c19-15-5-1-2-7-17(15)22-8-10-23(11-9-22)18(24)13-4-3-6-16-14(13)12-20-21-16/h1-7,12H,8-11H2,(H,20,21). The molecule has 4 rings (SSSR count). The Morgan fingerprint density at radius 2 is 1.83 bits per heavy atom. The predicted molar refractivity (Wildman–Crippen MR) is 90.6 cm³/mol. The van der Waals surface area contributed by atoms with E-state index in [1.165, 1.54) is 6.07 Å². The maximum Gasteiger partial charge on any atom is 0.254 e. The van der Waals surface area contributed by atoms with E-state index in [0.717, 1.165) is 10.9 Å². The number of nitrogens with one attached hydrogen (secondary N) is 1. The first-order chi connectivity index (χ1) is 11.7. The van der Waals surface area contributed by atoms with E-state index < -0.39 is 0 Å². The second kappa shape index (κ2) is 5.96. The molecular formula is C18H17FN4O. The van der Waals surface area contributed by atoms with Gasteiger partial charge in [-0.15, -0.1) is 0 Å². The molecule has 1 amide bonds. The Kier molecular flexibility index (Phi) is 3.65. The van der Waals surface area contributed by atoms with Crippen LogP contribution in [0.1, 0.15) is 10.4 Å². The Morgan fingerprint density at radius 1 is 1.04 bits per heavy atom. The minimum absolute atomic E-state index is 0.00446. The third-order valence-corrected chi connectivity index (χ3v) is 4.48. The van der Waals surface area contributed by atoms with Crippen LogP contribution < -0.4 is 4.90 Å². The van der Waals surface area contributed by atoms with E-state index in [-0.39, 0.29) is 11.7 Å². The van der Waals surface area contributed by atoms with Crippen LogP contribution in [0.5, 0.6) is 0 Å². The van der Waals surface area contributed by atoms with Crippen molar-refractivity contribution in [1.82, 2.24) is 15.1 Å². The quantitative estimate of drug-likeness (QED) is 0.788. The maximum atomic E-state index is 13.9. The summed E-state index contributed by atoms with van der Waals surface area (Å²) in [6.45, 7) is 2.38. The van der Waals surface area contributed by atoms with Gasteiger partial charge in [0, 0.05) is 31.6 Å². The van der Waals surface area contributed by atoms with E-state index in [4.69, 9.17) is 0 Å². The molecular weight excluding hydrogens is 307 g/mol. The van der Waals surface area contributed by atoms with Gasteiger partial charge < -0.3 is 9.80 Å². The molecule has 0 atom stereocenters. The molecule has 6 heteroatoms. The average Bonchev–Trinajstić information content (AvgIpc) is 3.10. The first-order valence-corrected chi connectivity index (χ1v) is 7.95. The van der Waals surface area contributed by atoms with Crippen LogP contribution in [0.2, 0.25) is 0 Å². The molecule has 0 bridgehead atoms. The van der Waals surface area contributed by atoms with Gasteiger partial charge in [0.05, 0.1) is 23.0 Å². The number of amides is 1. The number of anilines is 1. The highest BCUT2D eigenvalue weighted by molar-refractivity contribution is 6.06. The molecule has 122 valence electrons. The Hall–Kier alpha value is -2.89. The van der Waals surface area contributed by atoms with Gasteiger partial charge in [-0.1, -0.05) is 18.2 Å². The number of carbonyl (C=O) groups is 1. The molecule has 24 heavy (non-hydrogen) atoms. The number of fused-ring (bicyclic) bond motifs is 1. The van der Waals surface area contributed by atoms with Crippen LogP contribution in [0, 0.1) is 5.82 Å². The van der Waals surface area contributed by atoms with Gasteiger partial charge in [0.2, 0.25) is 0 Å². The molecule has 0 unspecified atom stereocenters. The summed E-state index contributed by atoms with van der Waals surface area (Å²) in [5, 5.41) is 7.72. The van der Waals surface area contributed by atoms with Crippen LogP contribution in [-0.4, -0.2) is 47.2 Å². The van der Waals surface area contributed by atoms with Gasteiger partial charge in [0.1, 0.15) is 5.82 Å². The highest BCUT2D eigenvalue weighted by Crippen LogP contribution is 2.22. The van der Waals surface area contributed by atoms with Crippen LogP contribution >= 0.6 is 0 Å². The second-order valence-electron chi connectivity index (χ2n) is 5.87. The zero-order valence-electron chi connectivity index (χ0n) is 13.1. The molecule has 1 N–H and O–H groups in total. The summed E-state index contributed by atoms with van der Waals surface area (Å²) in [4.78, 5) is 16.6. The molecule has 5 nitrogen and oxygen atoms in total. The average molecular weight is 324 g/mol. The Bertz CT molecular complexity index is 883. The zero-order valence-corrected chi connectivity index (χ0v) is 13.1. The lowest BCUT2D eigenvalue weighted by molar-refractivity contribution is 0.0748. The van der Waals surface area contributed by atoms with E-state index in [0.29, 0.717) is 37.4 Å². The molecule has 1 fully saturated rings. The minimum Gasteiger partial charge on any atom is -0.366 e. The summed E-state index contributed by atoms with van der Waals surface area (Å²) in [5.74, 6) is -0.226. The largest absolute Gasteiger partial charge is 0.366 e. The number of H-pyrrole nitrogens is 1. The van der Waals surface area contributed by atoms with Crippen molar-refractivity contribution in [3.8, 4) is 0 Å². The lowest BCUT2D eigenvalue weighted by Gasteiger charge is -2.36. The summed E-state index contributed by atoms with van der Waals surface area (Å²) >= 11 is 0. The van der Waals surface area contributed by atoms with E-state index >= 15 is 0 Å². The number of aromatic amines is 1. The van der Waals surface area contributed by atoms with Gasteiger partial charge in [-0.25, -0.2) is 4.39 Å². The first-order valence-electron chi connectivity index (χ1n) is 7.95. The molecule has 2 aromatic carbocycles. The molecule has 1 aliphatic heterocycles. The second-order valence-corrected chi connectivity index (χ2v) is 5.87. The van der Waals surface area contributed by atoms with Crippen LogP contribution in [0.3, 0.4) is 0 Å². The monoisotopic (exact) mass is 324 g/mol. The number of para-hydroxylation sites is 1. The van der Waals surface area contributed by atoms with Crippen LogP contribution in [-0.2, 0) is 0 Å². The Balaban J connectivity index is 1.51. The van der Waals surface area contributed by atoms with Gasteiger partial charge in [-0.3, -0.25) is 9.89 Å². The van der Waals surface area contributed by atoms with Crippen molar-refractivity contribution in [2.24, 2.45) is 0 Å². The molecule has 1 aromatic heterocycles. The van der Waals surface area contributed by atoms with Crippen molar-refractivity contribution in [3.63, 3.8) is 0 Å². The lowest BCUT2D eigenvalue weighted by Crippen LogP contribution is -2.49. The highest BCUT2D eigenvalue weighted by atomic mass is 19.1. The number of halogens is 1. The number of benzene rings is 2. The topological polar surface area (TPSA) is 52.2 Å². The van der Waals surface area contributed by atoms with E-state index in [9.17, 15) is 9.18 Å². The first kappa shape index (κ1) is 14.7. The van der Waals surface area contributed by atoms with Gasteiger partial charge in [-0.2, -0.15) is 5.10 Å². The number of nitrogens with zero attached hydrogens (tertiary/aromatic N) is 3. The summed E-state index contributed by atoms with van der Waals surface area (Å²) in [5.41, 5.74) is 2.10. The molecule has 2 heterocycles. The lowest BCUT2D eigenvalue weighted by atomic mass is 10.1. The zero-order chi connectivity index (χ0) is 16.5. The Morgan fingerprint density at radius 3 is 2.62 bits per heavy atom. The fourth-order valence-corrected chi connectivity index (χ4v) is 3.18. The van der Waals surface area contributed by atoms with Gasteiger partial charge in [-0.05, 0) is 24.3 Å². The third-order valence-electron chi connectivity index (χ3n) is 4.48. The normalized spacial score (nSPS) is 15.0. The van der Waals surface area contributed by atoms with E-state index in [1.807, 2.05) is 34.1 Å². The van der Waals surface area contributed by atoms with Crippen LogP contribution in [0.25, 0.3) is 10.9 Å². The molecule has 0 saturated carbocycles. The molecule has 0 radical (unpaired) electrons. The summed E-state index contributed by atoms with van der Waals surface area (Å²) in [7, 11) is 0. The van der Waals surface area contributed by atoms with Crippen molar-refractivity contribution >= 4 is 22.5 Å². The SMILES string of the molecule is O=C(c1cccc2[nH]ncc12)N1CCN(c2ccccc2F)CC1. The summed E-state index contributed by atoms with van der Waals surface area (Å²) in [6.07, 6.45) is 1.68. The molecule has 1 saturated heterocycles. The smallest absolute Gasteiger partial charge is 0.254 e. The minimum atomic E-state index is -0.222. The van der Waals surface area contributed by atoms with Crippen LogP contribution in [0.4, 0.5) is 10.1 Å². The van der Waals surface area contributed by atoms with Crippen molar-refractivity contribution < 1.29 is 9.18 Å². The molecule has 3 aromatic rings. The summed E-state index contributed by atoms with van der Waals surface area (Å²) in [6, 6.07) is 12.3. The number of hydrogen-bond acceptors (Lipinski definition) is 3. The van der Waals surface area contributed by atoms with Crippen molar-refractivity contribution in [2.75, 3.05) is 31.1 Å². The van der Waals surface area contributed by atoms with Gasteiger partial charge >= 0.3 is 0 Å². The number of rotatable bonds is 2. The predicted octanol–water partition coefficient (Wildman–Crippen LogP) is 2.66. The number of hydrogen-bond donors (Lipinski definition) is 1. The van der Waals surface area contributed by atoms with Crippen molar-refractivity contribution in [3.05, 3.63) is 60.0 Å². The van der Waals surface area contributed by atoms with Gasteiger partial charge in [0.15, 0.2) is 0 Å².